The minimum Gasteiger partial charge on any atom is -0.0893 e. The number of aryl methyl sites for hydroxylation is 1. The molecule has 1 aromatic rings. The van der Waals surface area contributed by atoms with Gasteiger partial charge in [-0.05, 0) is 37.4 Å². The topological polar surface area (TPSA) is 48.8 Å². The fourth-order valence-corrected chi connectivity index (χ4v) is 1.40. The third-order valence-electron chi connectivity index (χ3n) is 2.30. The molecule has 0 aromatic heterocycles. The first-order valence-corrected chi connectivity index (χ1v) is 4.89. The zero-order valence-corrected chi connectivity index (χ0v) is 9.36. The van der Waals surface area contributed by atoms with Crippen molar-refractivity contribution in [3.63, 3.8) is 0 Å². The summed E-state index contributed by atoms with van der Waals surface area (Å²) in [7, 11) is 0. The maximum atomic E-state index is 8.32. The van der Waals surface area contributed by atoms with Crippen molar-refractivity contribution in [1.29, 1.82) is 0 Å². The van der Waals surface area contributed by atoms with E-state index in [0.717, 1.165) is 11.1 Å². The highest BCUT2D eigenvalue weighted by Crippen LogP contribution is 2.19. The van der Waals surface area contributed by atoms with Gasteiger partial charge in [-0.25, -0.2) is 0 Å². The van der Waals surface area contributed by atoms with Crippen LogP contribution in [0.1, 0.15) is 25.0 Å². The zero-order valence-electron chi connectivity index (χ0n) is 9.36. The molecule has 3 heteroatoms. The van der Waals surface area contributed by atoms with Crippen LogP contribution in [0.2, 0.25) is 0 Å². The molecule has 0 amide bonds. The predicted octanol–water partition coefficient (Wildman–Crippen LogP) is 4.10. The molecule has 0 aliphatic rings. The Morgan fingerprint density at radius 3 is 2.33 bits per heavy atom. The summed E-state index contributed by atoms with van der Waals surface area (Å²) >= 11 is 0. The van der Waals surface area contributed by atoms with Crippen molar-refractivity contribution in [1.82, 2.24) is 0 Å². The molecule has 0 aliphatic carbocycles. The maximum absolute atomic E-state index is 8.32. The fourth-order valence-electron chi connectivity index (χ4n) is 1.40. The summed E-state index contributed by atoms with van der Waals surface area (Å²) in [6, 6.07) is 8.25. The summed E-state index contributed by atoms with van der Waals surface area (Å²) < 4.78 is 0. The van der Waals surface area contributed by atoms with Crippen molar-refractivity contribution in [2.75, 3.05) is 6.54 Å². The molecule has 0 heterocycles. The average Bonchev–Trinajstić information content (AvgIpc) is 2.21. The van der Waals surface area contributed by atoms with Crippen molar-refractivity contribution in [2.45, 2.75) is 20.8 Å². The first-order chi connectivity index (χ1) is 7.15. The fraction of sp³-hybridized carbons (Fsp3) is 0.333. The molecule has 0 unspecified atom stereocenters. The van der Waals surface area contributed by atoms with Gasteiger partial charge < -0.3 is 0 Å². The third-order valence-corrected chi connectivity index (χ3v) is 2.30. The van der Waals surface area contributed by atoms with E-state index < -0.39 is 0 Å². The summed E-state index contributed by atoms with van der Waals surface area (Å²) in [6.45, 7) is 6.53. The lowest BCUT2D eigenvalue weighted by molar-refractivity contribution is 1.19. The van der Waals surface area contributed by atoms with E-state index in [1.54, 1.807) is 0 Å². The van der Waals surface area contributed by atoms with E-state index in [0.29, 0.717) is 6.54 Å². The van der Waals surface area contributed by atoms with Crippen molar-refractivity contribution < 1.29 is 0 Å². The number of benzene rings is 1. The van der Waals surface area contributed by atoms with E-state index in [9.17, 15) is 0 Å². The van der Waals surface area contributed by atoms with E-state index in [-0.39, 0.29) is 0 Å². The summed E-state index contributed by atoms with van der Waals surface area (Å²) in [5, 5.41) is 3.61. The van der Waals surface area contributed by atoms with E-state index in [1.807, 2.05) is 13.8 Å². The van der Waals surface area contributed by atoms with Crippen LogP contribution in [0.4, 0.5) is 0 Å². The Bertz CT molecular complexity index is 405. The second-order valence-corrected chi connectivity index (χ2v) is 3.73. The van der Waals surface area contributed by atoms with Gasteiger partial charge in [0.25, 0.3) is 0 Å². The van der Waals surface area contributed by atoms with Crippen LogP contribution < -0.4 is 0 Å². The second kappa shape index (κ2) is 5.23. The lowest BCUT2D eigenvalue weighted by atomic mass is 10.0. The number of nitrogens with zero attached hydrogens (tertiary/aromatic N) is 3. The number of hydrogen-bond donors (Lipinski definition) is 0. The molecular formula is C12H15N3. The van der Waals surface area contributed by atoms with Gasteiger partial charge in [0, 0.05) is 4.91 Å². The van der Waals surface area contributed by atoms with Crippen molar-refractivity contribution >= 4 is 5.57 Å². The molecule has 0 aliphatic heterocycles. The Morgan fingerprint density at radius 2 is 1.87 bits per heavy atom. The summed E-state index contributed by atoms with van der Waals surface area (Å²) in [6.07, 6.45) is 0. The standard InChI is InChI=1S/C12H15N3/c1-9(2)12(8-14-15-13)11-6-4-10(3)5-7-11/h4-7H,8H2,1-3H3. The molecule has 3 nitrogen and oxygen atoms in total. The van der Waals surface area contributed by atoms with Gasteiger partial charge in [0.15, 0.2) is 0 Å². The van der Waals surface area contributed by atoms with Crippen LogP contribution in [0.25, 0.3) is 16.0 Å². The molecule has 0 saturated carbocycles. The maximum Gasteiger partial charge on any atom is 0.0516 e. The Kier molecular flexibility index (Phi) is 3.95. The average molecular weight is 201 g/mol. The number of allylic oxidation sites excluding steroid dienone is 1. The van der Waals surface area contributed by atoms with E-state index in [4.69, 9.17) is 5.53 Å². The first-order valence-electron chi connectivity index (χ1n) is 4.89. The lowest BCUT2D eigenvalue weighted by Crippen LogP contribution is -1.91. The van der Waals surface area contributed by atoms with Crippen LogP contribution in [0.5, 0.6) is 0 Å². The molecule has 78 valence electrons. The Morgan fingerprint density at radius 1 is 1.27 bits per heavy atom. The van der Waals surface area contributed by atoms with Crippen LogP contribution in [0.3, 0.4) is 0 Å². The van der Waals surface area contributed by atoms with Gasteiger partial charge in [0.1, 0.15) is 0 Å². The van der Waals surface area contributed by atoms with Crippen LogP contribution in [0.15, 0.2) is 35.0 Å². The molecule has 1 rings (SSSR count). The monoisotopic (exact) mass is 201 g/mol. The molecule has 0 bridgehead atoms. The number of rotatable bonds is 3. The number of hydrogen-bond acceptors (Lipinski definition) is 1. The lowest BCUT2D eigenvalue weighted by Gasteiger charge is -2.07. The third kappa shape index (κ3) is 3.15. The molecule has 0 fully saturated rings. The van der Waals surface area contributed by atoms with Crippen molar-refractivity contribution in [2.24, 2.45) is 5.11 Å². The van der Waals surface area contributed by atoms with Gasteiger partial charge in [0.05, 0.1) is 6.54 Å². The van der Waals surface area contributed by atoms with Crippen molar-refractivity contribution in [3.05, 3.63) is 51.4 Å². The van der Waals surface area contributed by atoms with E-state index >= 15 is 0 Å². The molecule has 0 spiro atoms. The summed E-state index contributed by atoms with van der Waals surface area (Å²) in [5.74, 6) is 0. The molecule has 1 aromatic carbocycles. The van der Waals surface area contributed by atoms with Crippen LogP contribution in [0, 0.1) is 6.92 Å². The van der Waals surface area contributed by atoms with Crippen molar-refractivity contribution in [3.8, 4) is 0 Å². The summed E-state index contributed by atoms with van der Waals surface area (Å²) in [4.78, 5) is 2.79. The number of azide groups is 1. The molecular weight excluding hydrogens is 186 g/mol. The molecule has 0 radical (unpaired) electrons. The SMILES string of the molecule is CC(C)=C(CN=[N+]=[N-])c1ccc(C)cc1. The highest BCUT2D eigenvalue weighted by atomic mass is 15.1. The second-order valence-electron chi connectivity index (χ2n) is 3.73. The molecule has 0 atom stereocenters. The zero-order chi connectivity index (χ0) is 11.3. The smallest absolute Gasteiger partial charge is 0.0516 e. The van der Waals surface area contributed by atoms with Gasteiger partial charge in [-0.3, -0.25) is 0 Å². The Labute approximate surface area is 90.1 Å². The van der Waals surface area contributed by atoms with E-state index in [2.05, 4.69) is 41.2 Å². The summed E-state index contributed by atoms with van der Waals surface area (Å²) in [5.41, 5.74) is 13.0. The predicted molar refractivity (Wildman–Crippen MR) is 63.5 cm³/mol. The normalized spacial score (nSPS) is 9.27. The van der Waals surface area contributed by atoms with Crippen LogP contribution >= 0.6 is 0 Å². The highest BCUT2D eigenvalue weighted by Gasteiger charge is 2.01. The molecule has 15 heavy (non-hydrogen) atoms. The minimum absolute atomic E-state index is 0.419. The largest absolute Gasteiger partial charge is 0.0893 e. The van der Waals surface area contributed by atoms with Gasteiger partial charge in [-0.15, -0.1) is 0 Å². The van der Waals surface area contributed by atoms with Gasteiger partial charge in [-0.1, -0.05) is 40.5 Å². The minimum atomic E-state index is 0.419. The van der Waals surface area contributed by atoms with Gasteiger partial charge in [0.2, 0.25) is 0 Å². The van der Waals surface area contributed by atoms with Crippen LogP contribution in [-0.4, -0.2) is 6.54 Å². The van der Waals surface area contributed by atoms with Crippen LogP contribution in [-0.2, 0) is 0 Å². The quantitative estimate of drug-likeness (QED) is 0.401. The Hall–Kier alpha value is -1.73. The van der Waals surface area contributed by atoms with E-state index in [1.165, 1.54) is 11.1 Å². The van der Waals surface area contributed by atoms with Gasteiger partial charge in [-0.2, -0.15) is 0 Å². The molecule has 0 saturated heterocycles. The highest BCUT2D eigenvalue weighted by molar-refractivity contribution is 5.69. The molecule has 0 N–H and O–H groups in total. The van der Waals surface area contributed by atoms with Gasteiger partial charge >= 0.3 is 0 Å². The Balaban J connectivity index is 3.06. The first kappa shape index (κ1) is 11.3.